The largest absolute Gasteiger partial charge is 0.462 e. The van der Waals surface area contributed by atoms with Gasteiger partial charge in [-0.05, 0) is 68.3 Å². The van der Waals surface area contributed by atoms with Gasteiger partial charge in [0.1, 0.15) is 0 Å². The summed E-state index contributed by atoms with van der Waals surface area (Å²) < 4.78 is 7.27. The van der Waals surface area contributed by atoms with E-state index in [1.165, 1.54) is 11.1 Å². The number of nitrogens with zero attached hydrogens (tertiary/aromatic N) is 1. The fraction of sp³-hybridized carbons (Fsp3) is 0.190. The van der Waals surface area contributed by atoms with Crippen LogP contribution < -0.4 is 0 Å². The molecule has 0 unspecified atom stereocenters. The van der Waals surface area contributed by atoms with E-state index in [0.29, 0.717) is 12.2 Å². The smallest absolute Gasteiger partial charge is 0.338 e. The van der Waals surface area contributed by atoms with Gasteiger partial charge in [-0.3, -0.25) is 0 Å². The van der Waals surface area contributed by atoms with Crippen molar-refractivity contribution >= 4 is 27.8 Å². The van der Waals surface area contributed by atoms with Crippen LogP contribution in [0, 0.1) is 13.8 Å². The first kappa shape index (κ1) is 15.5. The molecule has 0 aliphatic rings. The third-order valence-corrected chi connectivity index (χ3v) is 4.70. The van der Waals surface area contributed by atoms with E-state index in [9.17, 15) is 4.79 Å². The summed E-state index contributed by atoms with van der Waals surface area (Å²) in [6.45, 7) is 6.43. The molecule has 4 heteroatoms. The summed E-state index contributed by atoms with van der Waals surface area (Å²) in [6, 6.07) is 11.9. The summed E-state index contributed by atoms with van der Waals surface area (Å²) >= 11 is 0. The molecule has 25 heavy (non-hydrogen) atoms. The number of aromatic nitrogens is 2. The van der Waals surface area contributed by atoms with E-state index in [-0.39, 0.29) is 5.97 Å². The first-order chi connectivity index (χ1) is 12.1. The monoisotopic (exact) mass is 332 g/mol. The Balaban J connectivity index is 2.02. The predicted octanol–water partition coefficient (Wildman–Crippen LogP) is 4.91. The molecule has 0 fully saturated rings. The van der Waals surface area contributed by atoms with Crippen molar-refractivity contribution < 1.29 is 9.53 Å². The first-order valence-corrected chi connectivity index (χ1v) is 8.46. The molecule has 126 valence electrons. The molecule has 0 radical (unpaired) electrons. The van der Waals surface area contributed by atoms with Crippen LogP contribution in [0.5, 0.6) is 0 Å². The number of aromatic amines is 1. The quantitative estimate of drug-likeness (QED) is 0.542. The van der Waals surface area contributed by atoms with Crippen LogP contribution in [0.1, 0.15) is 28.4 Å². The number of aryl methyl sites for hydroxylation is 2. The van der Waals surface area contributed by atoms with Gasteiger partial charge in [0.15, 0.2) is 0 Å². The van der Waals surface area contributed by atoms with Gasteiger partial charge < -0.3 is 14.3 Å². The molecule has 0 bridgehead atoms. The van der Waals surface area contributed by atoms with Crippen molar-refractivity contribution in [3.63, 3.8) is 0 Å². The second kappa shape index (κ2) is 5.81. The van der Waals surface area contributed by atoms with Crippen LogP contribution in [0.25, 0.3) is 27.5 Å². The molecular weight excluding hydrogens is 312 g/mol. The summed E-state index contributed by atoms with van der Waals surface area (Å²) in [5.74, 6) is -0.283. The molecule has 0 aliphatic carbocycles. The van der Waals surface area contributed by atoms with Gasteiger partial charge in [-0.25, -0.2) is 4.79 Å². The molecule has 4 aromatic rings. The number of hydrogen-bond acceptors (Lipinski definition) is 2. The van der Waals surface area contributed by atoms with E-state index in [0.717, 1.165) is 27.5 Å². The van der Waals surface area contributed by atoms with Gasteiger partial charge in [-0.2, -0.15) is 0 Å². The van der Waals surface area contributed by atoms with Crippen LogP contribution in [-0.4, -0.2) is 22.1 Å². The van der Waals surface area contributed by atoms with Crippen molar-refractivity contribution in [2.75, 3.05) is 6.61 Å². The number of esters is 1. The molecule has 4 rings (SSSR count). The highest BCUT2D eigenvalue weighted by Crippen LogP contribution is 2.34. The highest BCUT2D eigenvalue weighted by atomic mass is 16.5. The number of hydrogen-bond donors (Lipinski definition) is 1. The van der Waals surface area contributed by atoms with Gasteiger partial charge in [-0.15, -0.1) is 0 Å². The minimum absolute atomic E-state index is 0.283. The molecule has 0 spiro atoms. The first-order valence-electron chi connectivity index (χ1n) is 8.46. The van der Waals surface area contributed by atoms with Crippen LogP contribution in [0.4, 0.5) is 0 Å². The zero-order chi connectivity index (χ0) is 17.6. The van der Waals surface area contributed by atoms with E-state index in [4.69, 9.17) is 4.74 Å². The van der Waals surface area contributed by atoms with Gasteiger partial charge in [0.25, 0.3) is 0 Å². The lowest BCUT2D eigenvalue weighted by Crippen LogP contribution is -2.04. The zero-order valence-electron chi connectivity index (χ0n) is 14.6. The lowest BCUT2D eigenvalue weighted by molar-refractivity contribution is 0.0526. The van der Waals surface area contributed by atoms with Gasteiger partial charge in [0.05, 0.1) is 12.2 Å². The number of nitrogens with one attached hydrogen (secondary N) is 1. The average molecular weight is 332 g/mol. The SMILES string of the molecule is CCOC(=O)c1ccc2[nH]c3c(C)cc(-n4cccc4)c(C)c3c2c1. The van der Waals surface area contributed by atoms with E-state index in [2.05, 4.69) is 29.5 Å². The van der Waals surface area contributed by atoms with Crippen molar-refractivity contribution in [1.82, 2.24) is 9.55 Å². The topological polar surface area (TPSA) is 47.0 Å². The minimum Gasteiger partial charge on any atom is -0.462 e. The van der Waals surface area contributed by atoms with E-state index in [1.807, 2.05) is 49.6 Å². The van der Waals surface area contributed by atoms with Crippen LogP contribution in [0.2, 0.25) is 0 Å². The highest BCUT2D eigenvalue weighted by molar-refractivity contribution is 6.12. The van der Waals surface area contributed by atoms with Crippen molar-refractivity contribution in [2.45, 2.75) is 20.8 Å². The third-order valence-electron chi connectivity index (χ3n) is 4.70. The molecule has 0 atom stereocenters. The van der Waals surface area contributed by atoms with E-state index >= 15 is 0 Å². The number of rotatable bonds is 3. The number of H-pyrrole nitrogens is 1. The van der Waals surface area contributed by atoms with Crippen LogP contribution in [0.15, 0.2) is 48.8 Å². The molecule has 0 saturated heterocycles. The van der Waals surface area contributed by atoms with Crippen molar-refractivity contribution in [3.8, 4) is 5.69 Å². The second-order valence-corrected chi connectivity index (χ2v) is 6.28. The number of benzene rings is 2. The molecule has 0 saturated carbocycles. The summed E-state index contributed by atoms with van der Waals surface area (Å²) in [6.07, 6.45) is 4.10. The van der Waals surface area contributed by atoms with Crippen molar-refractivity contribution in [1.29, 1.82) is 0 Å². The van der Waals surface area contributed by atoms with Crippen molar-refractivity contribution in [3.05, 3.63) is 65.5 Å². The fourth-order valence-electron chi connectivity index (χ4n) is 3.50. The third kappa shape index (κ3) is 2.41. The Morgan fingerprint density at radius 1 is 1.16 bits per heavy atom. The van der Waals surface area contributed by atoms with Crippen LogP contribution >= 0.6 is 0 Å². The Labute approximate surface area is 146 Å². The summed E-state index contributed by atoms with van der Waals surface area (Å²) in [5.41, 5.74) is 6.24. The Morgan fingerprint density at radius 3 is 2.64 bits per heavy atom. The average Bonchev–Trinajstić information content (AvgIpc) is 3.25. The molecular formula is C21H20N2O2. The van der Waals surface area contributed by atoms with Gasteiger partial charge in [0, 0.05) is 39.9 Å². The van der Waals surface area contributed by atoms with Gasteiger partial charge >= 0.3 is 5.97 Å². The lowest BCUT2D eigenvalue weighted by atomic mass is 10.0. The summed E-state index contributed by atoms with van der Waals surface area (Å²) in [4.78, 5) is 15.6. The zero-order valence-corrected chi connectivity index (χ0v) is 14.6. The normalized spacial score (nSPS) is 11.3. The number of carbonyl (C=O) groups excluding carboxylic acids is 1. The van der Waals surface area contributed by atoms with Crippen LogP contribution in [0.3, 0.4) is 0 Å². The Morgan fingerprint density at radius 2 is 1.92 bits per heavy atom. The Bertz CT molecular complexity index is 1090. The maximum atomic E-state index is 12.1. The van der Waals surface area contributed by atoms with Gasteiger partial charge in [-0.1, -0.05) is 0 Å². The van der Waals surface area contributed by atoms with Gasteiger partial charge in [0.2, 0.25) is 0 Å². The maximum absolute atomic E-state index is 12.1. The standard InChI is InChI=1S/C21H20N2O2/c1-4-25-21(24)15-7-8-17-16(12-15)19-14(3)18(23-9-5-6-10-23)11-13(2)20(19)22-17/h5-12,22H,4H2,1-3H3. The Hall–Kier alpha value is -3.01. The number of ether oxygens (including phenoxy) is 1. The fourth-order valence-corrected chi connectivity index (χ4v) is 3.50. The number of fused-ring (bicyclic) bond motifs is 3. The molecule has 0 amide bonds. The lowest BCUT2D eigenvalue weighted by Gasteiger charge is -2.11. The van der Waals surface area contributed by atoms with Crippen LogP contribution in [-0.2, 0) is 4.74 Å². The number of carbonyl (C=O) groups is 1. The second-order valence-electron chi connectivity index (χ2n) is 6.28. The molecule has 2 aromatic carbocycles. The highest BCUT2D eigenvalue weighted by Gasteiger charge is 2.15. The minimum atomic E-state index is -0.283. The molecule has 2 aromatic heterocycles. The Kier molecular flexibility index (Phi) is 3.61. The summed E-state index contributed by atoms with van der Waals surface area (Å²) in [7, 11) is 0. The molecule has 0 aliphatic heterocycles. The molecule has 4 nitrogen and oxygen atoms in total. The molecule has 2 heterocycles. The molecule has 1 N–H and O–H groups in total. The van der Waals surface area contributed by atoms with E-state index in [1.54, 1.807) is 0 Å². The predicted molar refractivity (Wildman–Crippen MR) is 101 cm³/mol. The maximum Gasteiger partial charge on any atom is 0.338 e. The van der Waals surface area contributed by atoms with Crippen molar-refractivity contribution in [2.24, 2.45) is 0 Å². The summed E-state index contributed by atoms with van der Waals surface area (Å²) in [5, 5.41) is 2.21. The van der Waals surface area contributed by atoms with E-state index < -0.39 is 0 Å².